The fraction of sp³-hybridized carbons (Fsp3) is 0.625. The molecule has 0 radical (unpaired) electrons. The minimum absolute atomic E-state index is 0.903. The summed E-state index contributed by atoms with van der Waals surface area (Å²) < 4.78 is 0. The van der Waals surface area contributed by atoms with Crippen LogP contribution in [0.4, 0.5) is 5.69 Å². The highest BCUT2D eigenvalue weighted by atomic mass is 31.1. The van der Waals surface area contributed by atoms with Gasteiger partial charge < -0.3 is 4.90 Å². The zero-order chi connectivity index (χ0) is 13.2. The average Bonchev–Trinajstić information content (AvgIpc) is 2.42. The van der Waals surface area contributed by atoms with Crippen molar-refractivity contribution in [3.05, 3.63) is 24.3 Å². The second-order valence-electron chi connectivity index (χ2n) is 4.84. The van der Waals surface area contributed by atoms with Gasteiger partial charge in [0.2, 0.25) is 0 Å². The Morgan fingerprint density at radius 1 is 0.889 bits per heavy atom. The van der Waals surface area contributed by atoms with Gasteiger partial charge in [0.05, 0.1) is 0 Å². The second-order valence-corrected chi connectivity index (χ2v) is 5.92. The average molecular weight is 265 g/mol. The summed E-state index contributed by atoms with van der Waals surface area (Å²) in [5.74, 6) is 0. The van der Waals surface area contributed by atoms with Crippen LogP contribution in [0.15, 0.2) is 24.3 Å². The van der Waals surface area contributed by atoms with Crippen molar-refractivity contribution in [3.8, 4) is 0 Å². The molecule has 1 atom stereocenters. The zero-order valence-corrected chi connectivity index (χ0v) is 13.2. The lowest BCUT2D eigenvalue weighted by Gasteiger charge is -2.24. The first-order valence-corrected chi connectivity index (χ1v) is 8.84. The molecule has 0 aliphatic heterocycles. The summed E-state index contributed by atoms with van der Waals surface area (Å²) in [5.41, 5.74) is 1.40. The van der Waals surface area contributed by atoms with Crippen LogP contribution in [-0.4, -0.2) is 19.8 Å². The van der Waals surface area contributed by atoms with Gasteiger partial charge in [0.1, 0.15) is 0 Å². The van der Waals surface area contributed by atoms with Crippen LogP contribution in [-0.2, 0) is 0 Å². The van der Waals surface area contributed by atoms with Crippen LogP contribution in [0.25, 0.3) is 0 Å². The third-order valence-corrected chi connectivity index (χ3v) is 4.21. The molecular weight excluding hydrogens is 237 g/mol. The summed E-state index contributed by atoms with van der Waals surface area (Å²) >= 11 is 0. The summed E-state index contributed by atoms with van der Waals surface area (Å²) in [6, 6.07) is 9.15. The molecule has 0 bridgehead atoms. The van der Waals surface area contributed by atoms with Crippen molar-refractivity contribution in [2.24, 2.45) is 0 Å². The quantitative estimate of drug-likeness (QED) is 0.472. The molecule has 0 fully saturated rings. The molecule has 0 amide bonds. The molecule has 1 unspecified atom stereocenters. The molecule has 0 aromatic heterocycles. The topological polar surface area (TPSA) is 3.24 Å². The van der Waals surface area contributed by atoms with Gasteiger partial charge >= 0.3 is 0 Å². The van der Waals surface area contributed by atoms with E-state index in [0.29, 0.717) is 0 Å². The van der Waals surface area contributed by atoms with E-state index in [0.717, 1.165) is 8.58 Å². The maximum atomic E-state index is 2.54. The molecule has 18 heavy (non-hydrogen) atoms. The Balaban J connectivity index is 2.53. The van der Waals surface area contributed by atoms with Gasteiger partial charge in [-0.25, -0.2) is 0 Å². The van der Waals surface area contributed by atoms with Crippen LogP contribution in [0.2, 0.25) is 0 Å². The number of benzene rings is 1. The smallest absolute Gasteiger partial charge is 0.0366 e. The number of rotatable bonds is 9. The molecule has 0 aliphatic rings. The van der Waals surface area contributed by atoms with E-state index < -0.39 is 0 Å². The predicted molar refractivity (Wildman–Crippen MR) is 87.0 cm³/mol. The number of nitrogens with zero attached hydrogens (tertiary/aromatic N) is 1. The van der Waals surface area contributed by atoms with Crippen molar-refractivity contribution in [1.29, 1.82) is 0 Å². The Hall–Kier alpha value is -0.550. The Morgan fingerprint density at radius 2 is 1.61 bits per heavy atom. The minimum Gasteiger partial charge on any atom is -0.372 e. The van der Waals surface area contributed by atoms with Gasteiger partial charge in [-0.15, -0.1) is 0 Å². The van der Waals surface area contributed by atoms with E-state index in [1.165, 1.54) is 56.2 Å². The first-order chi connectivity index (χ1) is 8.81. The van der Waals surface area contributed by atoms with E-state index in [-0.39, 0.29) is 0 Å². The Morgan fingerprint density at radius 3 is 2.17 bits per heavy atom. The largest absolute Gasteiger partial charge is 0.372 e. The number of hydrogen-bond donors (Lipinski definition) is 0. The van der Waals surface area contributed by atoms with Crippen LogP contribution in [0.5, 0.6) is 0 Å². The van der Waals surface area contributed by atoms with Crippen molar-refractivity contribution in [2.45, 2.75) is 46.0 Å². The normalized spacial score (nSPS) is 11.3. The van der Waals surface area contributed by atoms with Crippen LogP contribution in [0.3, 0.4) is 0 Å². The maximum absolute atomic E-state index is 2.54. The van der Waals surface area contributed by atoms with Crippen LogP contribution < -0.4 is 10.2 Å². The number of hydrogen-bond acceptors (Lipinski definition) is 1. The molecule has 0 saturated carbocycles. The third kappa shape index (κ3) is 5.40. The number of anilines is 1. The molecule has 0 spiro atoms. The molecule has 0 N–H and O–H groups in total. The fourth-order valence-electron chi connectivity index (χ4n) is 2.21. The zero-order valence-electron chi connectivity index (χ0n) is 12.2. The summed E-state index contributed by atoms with van der Waals surface area (Å²) in [5, 5.41) is 1.46. The van der Waals surface area contributed by atoms with Crippen molar-refractivity contribution >= 4 is 19.6 Å². The van der Waals surface area contributed by atoms with E-state index >= 15 is 0 Å². The molecule has 0 saturated heterocycles. The van der Waals surface area contributed by atoms with Gasteiger partial charge in [-0.1, -0.05) is 53.8 Å². The molecule has 0 heterocycles. The van der Waals surface area contributed by atoms with Crippen molar-refractivity contribution in [3.63, 3.8) is 0 Å². The Kier molecular flexibility index (Phi) is 8.09. The summed E-state index contributed by atoms with van der Waals surface area (Å²) in [7, 11) is 0.903. The molecule has 1 nitrogen and oxygen atoms in total. The predicted octanol–water partition coefficient (Wildman–Crippen LogP) is 4.42. The van der Waals surface area contributed by atoms with Crippen molar-refractivity contribution in [2.75, 3.05) is 24.7 Å². The molecule has 0 aliphatic carbocycles. The van der Waals surface area contributed by atoms with Gasteiger partial charge in [-0.05, 0) is 36.9 Å². The summed E-state index contributed by atoms with van der Waals surface area (Å²) in [4.78, 5) is 2.54. The molecular formula is C16H28NP. The van der Waals surface area contributed by atoms with Crippen LogP contribution >= 0.6 is 8.58 Å². The van der Waals surface area contributed by atoms with Crippen molar-refractivity contribution in [1.82, 2.24) is 0 Å². The summed E-state index contributed by atoms with van der Waals surface area (Å²) in [6.07, 6.45) is 6.61. The van der Waals surface area contributed by atoms with Gasteiger partial charge in [-0.2, -0.15) is 0 Å². The highest BCUT2D eigenvalue weighted by Gasteiger charge is 2.04. The first kappa shape index (κ1) is 15.5. The molecule has 1 aromatic rings. The molecule has 2 heteroatoms. The first-order valence-electron chi connectivity index (χ1n) is 7.34. The van der Waals surface area contributed by atoms with Crippen LogP contribution in [0, 0.1) is 0 Å². The van der Waals surface area contributed by atoms with E-state index in [9.17, 15) is 0 Å². The van der Waals surface area contributed by atoms with E-state index in [2.05, 4.69) is 49.7 Å². The SMILES string of the molecule is CCCCCCN(CCC)c1ccc(PC)cc1. The molecule has 1 rings (SSSR count). The lowest BCUT2D eigenvalue weighted by atomic mass is 10.2. The monoisotopic (exact) mass is 265 g/mol. The van der Waals surface area contributed by atoms with Gasteiger partial charge in [0.25, 0.3) is 0 Å². The van der Waals surface area contributed by atoms with E-state index in [1.807, 2.05) is 0 Å². The molecule has 102 valence electrons. The Bertz CT molecular complexity index is 307. The van der Waals surface area contributed by atoms with E-state index in [4.69, 9.17) is 0 Å². The van der Waals surface area contributed by atoms with Crippen molar-refractivity contribution < 1.29 is 0 Å². The third-order valence-electron chi connectivity index (χ3n) is 3.30. The fourth-order valence-corrected chi connectivity index (χ4v) is 2.71. The second kappa shape index (κ2) is 9.39. The Labute approximate surface area is 115 Å². The maximum Gasteiger partial charge on any atom is 0.0366 e. The summed E-state index contributed by atoms with van der Waals surface area (Å²) in [6.45, 7) is 9.17. The molecule has 1 aromatic carbocycles. The highest BCUT2D eigenvalue weighted by molar-refractivity contribution is 7.46. The minimum atomic E-state index is 0.903. The van der Waals surface area contributed by atoms with Crippen LogP contribution in [0.1, 0.15) is 46.0 Å². The van der Waals surface area contributed by atoms with E-state index in [1.54, 1.807) is 0 Å². The van der Waals surface area contributed by atoms with Gasteiger partial charge in [0.15, 0.2) is 0 Å². The van der Waals surface area contributed by atoms with Gasteiger partial charge in [0, 0.05) is 18.8 Å². The standard InChI is InChI=1S/C16H28NP/c1-4-6-7-8-14-17(13-5-2)15-9-11-16(18-3)12-10-15/h9-12,18H,4-8,13-14H2,1-3H3. The lowest BCUT2D eigenvalue weighted by molar-refractivity contribution is 0.639. The lowest BCUT2D eigenvalue weighted by Crippen LogP contribution is -2.25. The number of unbranched alkanes of at least 4 members (excludes halogenated alkanes) is 3. The van der Waals surface area contributed by atoms with Gasteiger partial charge in [-0.3, -0.25) is 0 Å². The highest BCUT2D eigenvalue weighted by Crippen LogP contribution is 2.16.